The lowest BCUT2D eigenvalue weighted by Crippen LogP contribution is -2.13. The molecule has 3 aromatic heterocycles. The molecule has 0 saturated heterocycles. The summed E-state index contributed by atoms with van der Waals surface area (Å²) < 4.78 is 17.9. The molecule has 3 heterocycles. The Morgan fingerprint density at radius 1 is 1.27 bits per heavy atom. The summed E-state index contributed by atoms with van der Waals surface area (Å²) in [7, 11) is 0. The van der Waals surface area contributed by atoms with Crippen LogP contribution < -0.4 is 5.73 Å². The first-order valence-corrected chi connectivity index (χ1v) is 8.99. The Kier molecular flexibility index (Phi) is 4.26. The van der Waals surface area contributed by atoms with Gasteiger partial charge in [-0.1, -0.05) is 24.3 Å². The van der Waals surface area contributed by atoms with E-state index in [4.69, 9.17) is 5.73 Å². The Morgan fingerprint density at radius 2 is 2.08 bits per heavy atom. The maximum Gasteiger partial charge on any atom is 0.165 e. The summed E-state index contributed by atoms with van der Waals surface area (Å²) in [5.74, 6) is 0.0205. The molecule has 1 atom stereocenters. The van der Waals surface area contributed by atoms with Crippen LogP contribution in [0.25, 0.3) is 16.7 Å². The number of rotatable bonds is 4. The van der Waals surface area contributed by atoms with Crippen molar-refractivity contribution in [2.45, 2.75) is 19.4 Å². The molecule has 0 spiro atoms. The molecule has 0 amide bonds. The number of hydrogen-bond acceptors (Lipinski definition) is 6. The van der Waals surface area contributed by atoms with Crippen LogP contribution in [0.4, 0.5) is 10.2 Å². The molecule has 0 aliphatic rings. The Hall–Kier alpha value is -2.63. The molecule has 0 fully saturated rings. The standard InChI is InChI=1S/C16H14FIN8/c1-2-11(26-16-13(14(18)23-26)15(19)20-8-21-16)10-7-25(24-22-10)12-6-4-3-5-9(12)17/h3-8,11H,2H2,1H3,(H2,19,20,21). The van der Waals surface area contributed by atoms with Crippen molar-refractivity contribution < 1.29 is 4.39 Å². The lowest BCUT2D eigenvalue weighted by Gasteiger charge is -2.13. The van der Waals surface area contributed by atoms with Gasteiger partial charge >= 0.3 is 0 Å². The predicted molar refractivity (Wildman–Crippen MR) is 102 cm³/mol. The number of aromatic nitrogens is 7. The van der Waals surface area contributed by atoms with Crippen LogP contribution >= 0.6 is 22.6 Å². The van der Waals surface area contributed by atoms with Gasteiger partial charge < -0.3 is 5.73 Å². The second-order valence-electron chi connectivity index (χ2n) is 5.66. The number of nitrogen functional groups attached to an aromatic ring is 1. The highest BCUT2D eigenvalue weighted by atomic mass is 127. The zero-order valence-corrected chi connectivity index (χ0v) is 15.9. The number of halogens is 2. The van der Waals surface area contributed by atoms with Crippen molar-refractivity contribution in [2.24, 2.45) is 0 Å². The highest BCUT2D eigenvalue weighted by molar-refractivity contribution is 14.1. The van der Waals surface area contributed by atoms with Crippen LogP contribution in [0.2, 0.25) is 0 Å². The molecule has 10 heteroatoms. The van der Waals surface area contributed by atoms with Crippen LogP contribution in [0.5, 0.6) is 0 Å². The van der Waals surface area contributed by atoms with Gasteiger partial charge in [-0.05, 0) is 41.1 Å². The van der Waals surface area contributed by atoms with Gasteiger partial charge in [0.15, 0.2) is 5.65 Å². The third-order valence-corrected chi connectivity index (χ3v) is 4.86. The van der Waals surface area contributed by atoms with Crippen molar-refractivity contribution in [1.82, 2.24) is 34.7 Å². The van der Waals surface area contributed by atoms with E-state index >= 15 is 0 Å². The van der Waals surface area contributed by atoms with Gasteiger partial charge in [-0.3, -0.25) is 0 Å². The molecule has 0 saturated carbocycles. The third-order valence-electron chi connectivity index (χ3n) is 4.11. The van der Waals surface area contributed by atoms with Gasteiger partial charge in [0.2, 0.25) is 0 Å². The molecule has 2 N–H and O–H groups in total. The number of nitrogens with two attached hydrogens (primary N) is 1. The van der Waals surface area contributed by atoms with E-state index < -0.39 is 0 Å². The highest BCUT2D eigenvalue weighted by Gasteiger charge is 2.23. The van der Waals surface area contributed by atoms with Crippen molar-refractivity contribution >= 4 is 39.4 Å². The van der Waals surface area contributed by atoms with E-state index in [0.717, 1.165) is 3.70 Å². The molecular formula is C16H14FIN8. The van der Waals surface area contributed by atoms with E-state index in [-0.39, 0.29) is 11.9 Å². The monoisotopic (exact) mass is 464 g/mol. The number of nitrogens with zero attached hydrogens (tertiary/aromatic N) is 7. The number of fused-ring (bicyclic) bond motifs is 1. The Labute approximate surface area is 161 Å². The second kappa shape index (κ2) is 6.59. The van der Waals surface area contributed by atoms with Crippen LogP contribution in [0, 0.1) is 9.52 Å². The predicted octanol–water partition coefficient (Wildman–Crippen LogP) is 2.73. The zero-order chi connectivity index (χ0) is 18.3. The number of benzene rings is 1. The molecule has 0 aliphatic carbocycles. The van der Waals surface area contributed by atoms with Crippen molar-refractivity contribution in [3.05, 3.63) is 52.0 Å². The highest BCUT2D eigenvalue weighted by Crippen LogP contribution is 2.29. The average Bonchev–Trinajstić information content (AvgIpc) is 3.23. The fourth-order valence-electron chi connectivity index (χ4n) is 2.86. The molecule has 4 rings (SSSR count). The van der Waals surface area contributed by atoms with Gasteiger partial charge in [0.1, 0.15) is 33.0 Å². The SMILES string of the molecule is CCC(c1cn(-c2ccccc2F)nn1)n1nc(I)c2c(N)ncnc21. The minimum absolute atomic E-state index is 0.212. The van der Waals surface area contributed by atoms with Crippen molar-refractivity contribution in [1.29, 1.82) is 0 Å². The summed E-state index contributed by atoms with van der Waals surface area (Å²) in [4.78, 5) is 8.35. The Morgan fingerprint density at radius 3 is 2.85 bits per heavy atom. The number of hydrogen-bond donors (Lipinski definition) is 1. The smallest absolute Gasteiger partial charge is 0.165 e. The van der Waals surface area contributed by atoms with Crippen LogP contribution in [0.3, 0.4) is 0 Å². The molecule has 132 valence electrons. The molecule has 1 aromatic carbocycles. The van der Waals surface area contributed by atoms with Crippen LogP contribution in [-0.2, 0) is 0 Å². The maximum atomic E-state index is 14.0. The number of anilines is 1. The maximum absolute atomic E-state index is 14.0. The average molecular weight is 464 g/mol. The first kappa shape index (κ1) is 16.8. The van der Waals surface area contributed by atoms with E-state index in [2.05, 4.69) is 48.0 Å². The molecule has 26 heavy (non-hydrogen) atoms. The van der Waals surface area contributed by atoms with Crippen LogP contribution in [-0.4, -0.2) is 34.7 Å². The fraction of sp³-hybridized carbons (Fsp3) is 0.188. The van der Waals surface area contributed by atoms with Crippen LogP contribution in [0.1, 0.15) is 25.1 Å². The molecule has 4 aromatic rings. The van der Waals surface area contributed by atoms with Gasteiger partial charge in [0.05, 0.1) is 17.6 Å². The van der Waals surface area contributed by atoms with E-state index in [9.17, 15) is 4.39 Å². The van der Waals surface area contributed by atoms with Gasteiger partial charge in [0, 0.05) is 0 Å². The van der Waals surface area contributed by atoms with Crippen molar-refractivity contribution in [3.8, 4) is 5.69 Å². The van der Waals surface area contributed by atoms with Gasteiger partial charge in [-0.25, -0.2) is 23.7 Å². The largest absolute Gasteiger partial charge is 0.383 e. The third kappa shape index (κ3) is 2.69. The first-order valence-electron chi connectivity index (χ1n) is 7.91. The Balaban J connectivity index is 1.80. The van der Waals surface area contributed by atoms with E-state index in [1.54, 1.807) is 29.1 Å². The molecule has 0 aliphatic heterocycles. The zero-order valence-electron chi connectivity index (χ0n) is 13.7. The summed E-state index contributed by atoms with van der Waals surface area (Å²) in [6, 6.07) is 6.20. The van der Waals surface area contributed by atoms with Gasteiger partial charge in [0.25, 0.3) is 0 Å². The quantitative estimate of drug-likeness (QED) is 0.467. The lowest BCUT2D eigenvalue weighted by molar-refractivity contribution is 0.506. The summed E-state index contributed by atoms with van der Waals surface area (Å²) in [6.45, 7) is 2.01. The number of para-hydroxylation sites is 1. The second-order valence-corrected chi connectivity index (χ2v) is 6.68. The summed E-state index contributed by atoms with van der Waals surface area (Å²) in [6.07, 6.45) is 3.82. The fourth-order valence-corrected chi connectivity index (χ4v) is 3.61. The summed E-state index contributed by atoms with van der Waals surface area (Å²) >= 11 is 2.11. The summed E-state index contributed by atoms with van der Waals surface area (Å²) in [5.41, 5.74) is 7.60. The van der Waals surface area contributed by atoms with Crippen LogP contribution in [0.15, 0.2) is 36.8 Å². The van der Waals surface area contributed by atoms with E-state index in [0.29, 0.717) is 34.7 Å². The molecule has 0 bridgehead atoms. The normalized spacial score (nSPS) is 12.6. The van der Waals surface area contributed by atoms with Gasteiger partial charge in [-0.2, -0.15) is 5.10 Å². The molecular weight excluding hydrogens is 450 g/mol. The lowest BCUT2D eigenvalue weighted by atomic mass is 10.1. The van der Waals surface area contributed by atoms with Crippen molar-refractivity contribution in [2.75, 3.05) is 5.73 Å². The van der Waals surface area contributed by atoms with Gasteiger partial charge in [-0.15, -0.1) is 5.10 Å². The summed E-state index contributed by atoms with van der Waals surface area (Å²) in [5, 5.41) is 13.6. The molecule has 1 unspecified atom stereocenters. The van der Waals surface area contributed by atoms with E-state index in [1.807, 2.05) is 6.92 Å². The molecule has 8 nitrogen and oxygen atoms in total. The first-order chi connectivity index (χ1) is 12.6. The topological polar surface area (TPSA) is 100 Å². The minimum atomic E-state index is -0.364. The minimum Gasteiger partial charge on any atom is -0.383 e. The molecule has 0 radical (unpaired) electrons. The van der Waals surface area contributed by atoms with E-state index in [1.165, 1.54) is 17.1 Å². The van der Waals surface area contributed by atoms with Crippen molar-refractivity contribution in [3.63, 3.8) is 0 Å². The Bertz CT molecular complexity index is 1090.